The summed E-state index contributed by atoms with van der Waals surface area (Å²) in [5, 5.41) is 1.96. The fourth-order valence-electron chi connectivity index (χ4n) is 2.15. The van der Waals surface area contributed by atoms with Crippen molar-refractivity contribution in [3.63, 3.8) is 0 Å². The highest BCUT2D eigenvalue weighted by Gasteiger charge is 2.13. The largest absolute Gasteiger partial charge is 0.314 e. The van der Waals surface area contributed by atoms with Crippen LogP contribution in [0.4, 0.5) is 5.00 Å². The third kappa shape index (κ3) is 2.18. The first kappa shape index (κ1) is 12.1. The summed E-state index contributed by atoms with van der Waals surface area (Å²) in [5.74, 6) is 5.46. The molecule has 0 amide bonds. The van der Waals surface area contributed by atoms with E-state index in [9.17, 15) is 0 Å². The summed E-state index contributed by atoms with van der Waals surface area (Å²) >= 11 is 1.60. The van der Waals surface area contributed by atoms with Gasteiger partial charge in [-0.05, 0) is 38.8 Å². The molecule has 2 aromatic rings. The number of anilines is 1. The zero-order valence-corrected chi connectivity index (χ0v) is 11.4. The SMILES string of the molecule is Cc1cc(C)c(-c2nc(C)c(NN)s2)c(C)c1. The molecular weight excluding hydrogens is 230 g/mol. The first-order valence-corrected chi connectivity index (χ1v) is 6.37. The van der Waals surface area contributed by atoms with Gasteiger partial charge in [0.2, 0.25) is 0 Å². The Labute approximate surface area is 106 Å². The Kier molecular flexibility index (Phi) is 3.17. The highest BCUT2D eigenvalue weighted by atomic mass is 32.1. The van der Waals surface area contributed by atoms with Gasteiger partial charge >= 0.3 is 0 Å². The summed E-state index contributed by atoms with van der Waals surface area (Å²) < 4.78 is 0. The fourth-order valence-corrected chi connectivity index (χ4v) is 3.21. The maximum atomic E-state index is 5.46. The van der Waals surface area contributed by atoms with Crippen LogP contribution in [0.1, 0.15) is 22.4 Å². The van der Waals surface area contributed by atoms with Gasteiger partial charge < -0.3 is 5.43 Å². The number of aromatic nitrogens is 1. The predicted octanol–water partition coefficient (Wildman–Crippen LogP) is 3.33. The van der Waals surface area contributed by atoms with E-state index in [0.717, 1.165) is 15.7 Å². The van der Waals surface area contributed by atoms with Gasteiger partial charge in [0.25, 0.3) is 0 Å². The fraction of sp³-hybridized carbons (Fsp3) is 0.308. The van der Waals surface area contributed by atoms with E-state index < -0.39 is 0 Å². The van der Waals surface area contributed by atoms with E-state index in [4.69, 9.17) is 5.84 Å². The van der Waals surface area contributed by atoms with Crippen LogP contribution in [0, 0.1) is 27.7 Å². The monoisotopic (exact) mass is 247 g/mol. The molecular formula is C13H17N3S. The van der Waals surface area contributed by atoms with Gasteiger partial charge in [-0.15, -0.1) is 0 Å². The van der Waals surface area contributed by atoms with Gasteiger partial charge in [-0.1, -0.05) is 29.0 Å². The maximum Gasteiger partial charge on any atom is 0.126 e. The molecule has 3 N–H and O–H groups in total. The van der Waals surface area contributed by atoms with E-state index in [0.29, 0.717) is 0 Å². The summed E-state index contributed by atoms with van der Waals surface area (Å²) in [7, 11) is 0. The summed E-state index contributed by atoms with van der Waals surface area (Å²) in [4.78, 5) is 4.58. The summed E-state index contributed by atoms with van der Waals surface area (Å²) in [5.41, 5.74) is 8.68. The predicted molar refractivity (Wildman–Crippen MR) is 74.3 cm³/mol. The molecule has 0 fully saturated rings. The van der Waals surface area contributed by atoms with Gasteiger partial charge in [0.15, 0.2) is 0 Å². The summed E-state index contributed by atoms with van der Waals surface area (Å²) in [6.45, 7) is 8.33. The Hall–Kier alpha value is -1.39. The molecule has 0 saturated heterocycles. The molecule has 0 aliphatic carbocycles. The number of hydrogen-bond acceptors (Lipinski definition) is 4. The van der Waals surface area contributed by atoms with Crippen LogP contribution in [0.5, 0.6) is 0 Å². The topological polar surface area (TPSA) is 50.9 Å². The Morgan fingerprint density at radius 1 is 1.12 bits per heavy atom. The number of aryl methyl sites for hydroxylation is 4. The van der Waals surface area contributed by atoms with Crippen molar-refractivity contribution < 1.29 is 0 Å². The zero-order valence-electron chi connectivity index (χ0n) is 10.6. The van der Waals surface area contributed by atoms with E-state index in [1.165, 1.54) is 22.3 Å². The first-order chi connectivity index (χ1) is 8.02. The minimum absolute atomic E-state index is 0.930. The Morgan fingerprint density at radius 2 is 1.71 bits per heavy atom. The van der Waals surface area contributed by atoms with Crippen molar-refractivity contribution in [1.82, 2.24) is 4.98 Å². The number of nitrogens with two attached hydrogens (primary N) is 1. The number of nitrogens with zero attached hydrogens (tertiary/aromatic N) is 1. The second-order valence-electron chi connectivity index (χ2n) is 4.35. The first-order valence-electron chi connectivity index (χ1n) is 5.55. The molecule has 1 heterocycles. The molecule has 1 aromatic carbocycles. The summed E-state index contributed by atoms with van der Waals surface area (Å²) in [6.07, 6.45) is 0. The van der Waals surface area contributed by atoms with Gasteiger partial charge in [-0.2, -0.15) is 0 Å². The van der Waals surface area contributed by atoms with Crippen LogP contribution in [-0.4, -0.2) is 4.98 Å². The third-order valence-electron chi connectivity index (χ3n) is 2.82. The van der Waals surface area contributed by atoms with Gasteiger partial charge in [0.05, 0.1) is 5.69 Å². The number of nitrogen functional groups attached to an aromatic ring is 1. The van der Waals surface area contributed by atoms with Crippen LogP contribution in [0.3, 0.4) is 0 Å². The number of hydrazine groups is 1. The number of rotatable bonds is 2. The Balaban J connectivity index is 2.60. The van der Waals surface area contributed by atoms with E-state index in [-0.39, 0.29) is 0 Å². The molecule has 0 bridgehead atoms. The van der Waals surface area contributed by atoms with Crippen molar-refractivity contribution in [3.05, 3.63) is 34.5 Å². The summed E-state index contributed by atoms with van der Waals surface area (Å²) in [6, 6.07) is 4.38. The Morgan fingerprint density at radius 3 is 2.18 bits per heavy atom. The zero-order chi connectivity index (χ0) is 12.6. The van der Waals surface area contributed by atoms with Crippen LogP contribution in [-0.2, 0) is 0 Å². The number of benzene rings is 1. The van der Waals surface area contributed by atoms with E-state index in [2.05, 4.69) is 43.3 Å². The number of hydrogen-bond donors (Lipinski definition) is 2. The van der Waals surface area contributed by atoms with E-state index >= 15 is 0 Å². The molecule has 0 spiro atoms. The molecule has 17 heavy (non-hydrogen) atoms. The smallest absolute Gasteiger partial charge is 0.126 e. The molecule has 0 atom stereocenters. The molecule has 3 nitrogen and oxygen atoms in total. The standard InChI is InChI=1S/C13H17N3S/c1-7-5-8(2)11(9(3)6-7)13-15-10(4)12(16-14)17-13/h5-6,16H,14H2,1-4H3. The van der Waals surface area contributed by atoms with Crippen molar-refractivity contribution in [3.8, 4) is 10.6 Å². The van der Waals surface area contributed by atoms with Crippen LogP contribution < -0.4 is 11.3 Å². The van der Waals surface area contributed by atoms with Crippen LogP contribution in [0.15, 0.2) is 12.1 Å². The van der Waals surface area contributed by atoms with E-state index in [1.807, 2.05) is 6.92 Å². The molecule has 1 aromatic heterocycles. The second kappa shape index (κ2) is 4.47. The third-order valence-corrected chi connectivity index (χ3v) is 3.92. The molecule has 0 aliphatic heterocycles. The number of nitrogens with one attached hydrogen (secondary N) is 1. The minimum atomic E-state index is 0.930. The second-order valence-corrected chi connectivity index (χ2v) is 5.35. The molecule has 0 radical (unpaired) electrons. The lowest BCUT2D eigenvalue weighted by Gasteiger charge is -2.08. The van der Waals surface area contributed by atoms with Gasteiger partial charge in [0, 0.05) is 5.56 Å². The maximum absolute atomic E-state index is 5.46. The molecule has 2 rings (SSSR count). The molecule has 0 saturated carbocycles. The van der Waals surface area contributed by atoms with Crippen molar-refractivity contribution in [2.75, 3.05) is 5.43 Å². The van der Waals surface area contributed by atoms with Crippen molar-refractivity contribution >= 4 is 16.3 Å². The highest BCUT2D eigenvalue weighted by Crippen LogP contribution is 2.35. The molecule has 90 valence electrons. The van der Waals surface area contributed by atoms with Crippen LogP contribution in [0.2, 0.25) is 0 Å². The molecule has 0 unspecified atom stereocenters. The van der Waals surface area contributed by atoms with Crippen molar-refractivity contribution in [2.45, 2.75) is 27.7 Å². The van der Waals surface area contributed by atoms with Gasteiger partial charge in [-0.3, -0.25) is 0 Å². The lowest BCUT2D eigenvalue weighted by molar-refractivity contribution is 1.22. The van der Waals surface area contributed by atoms with Crippen LogP contribution >= 0.6 is 11.3 Å². The van der Waals surface area contributed by atoms with Gasteiger partial charge in [-0.25, -0.2) is 10.8 Å². The average molecular weight is 247 g/mol. The molecule has 0 aliphatic rings. The normalized spacial score (nSPS) is 10.6. The lowest BCUT2D eigenvalue weighted by Crippen LogP contribution is -2.05. The Bertz CT molecular complexity index is 535. The van der Waals surface area contributed by atoms with Crippen molar-refractivity contribution in [2.24, 2.45) is 5.84 Å². The average Bonchev–Trinajstić information content (AvgIpc) is 2.57. The van der Waals surface area contributed by atoms with E-state index in [1.54, 1.807) is 11.3 Å². The highest BCUT2D eigenvalue weighted by molar-refractivity contribution is 7.19. The minimum Gasteiger partial charge on any atom is -0.314 e. The lowest BCUT2D eigenvalue weighted by atomic mass is 10.0. The van der Waals surface area contributed by atoms with Crippen LogP contribution in [0.25, 0.3) is 10.6 Å². The van der Waals surface area contributed by atoms with Gasteiger partial charge in [0.1, 0.15) is 10.0 Å². The quantitative estimate of drug-likeness (QED) is 0.632. The molecule has 4 heteroatoms. The number of thiazole rings is 1. The van der Waals surface area contributed by atoms with Crippen molar-refractivity contribution in [1.29, 1.82) is 0 Å².